The number of pyridine rings is 1. The predicted molar refractivity (Wildman–Crippen MR) is 67.4 cm³/mol. The van der Waals surface area contributed by atoms with Crippen molar-refractivity contribution in [1.82, 2.24) is 4.98 Å². The Morgan fingerprint density at radius 3 is 2.12 bits per heavy atom. The molecule has 0 aliphatic rings. The Labute approximate surface area is 98.0 Å². The molecule has 1 N–H and O–H groups in total. The third-order valence-corrected chi connectivity index (χ3v) is 1.71. The summed E-state index contributed by atoms with van der Waals surface area (Å²) in [5.74, 6) is 2.12. The van der Waals surface area contributed by atoms with E-state index in [1.54, 1.807) is 20.4 Å². The molecule has 0 bridgehead atoms. The second-order valence-electron chi connectivity index (χ2n) is 3.22. The van der Waals surface area contributed by atoms with Crippen molar-refractivity contribution in [2.24, 2.45) is 0 Å². The maximum absolute atomic E-state index is 5.15. The van der Waals surface area contributed by atoms with Crippen LogP contribution in [0.2, 0.25) is 0 Å². The van der Waals surface area contributed by atoms with Gasteiger partial charge in [-0.15, -0.1) is 0 Å². The summed E-state index contributed by atoms with van der Waals surface area (Å²) >= 11 is 0. The number of rotatable bonds is 4. The van der Waals surface area contributed by atoms with Gasteiger partial charge in [-0.05, 0) is 13.8 Å². The molecule has 0 saturated carbocycles. The predicted octanol–water partition coefficient (Wildman–Crippen LogP) is 2.95. The third kappa shape index (κ3) is 4.38. The summed E-state index contributed by atoms with van der Waals surface area (Å²) in [7, 11) is 3.20. The highest BCUT2D eigenvalue weighted by Gasteiger charge is 2.05. The van der Waals surface area contributed by atoms with Gasteiger partial charge in [0, 0.05) is 12.1 Å². The normalized spacial score (nSPS) is 9.19. The van der Waals surface area contributed by atoms with Crippen LogP contribution < -0.4 is 14.8 Å². The zero-order valence-electron chi connectivity index (χ0n) is 11.0. The van der Waals surface area contributed by atoms with Gasteiger partial charge >= 0.3 is 0 Å². The van der Waals surface area contributed by atoms with Crippen molar-refractivity contribution in [3.05, 3.63) is 12.3 Å². The molecule has 0 aromatic carbocycles. The van der Waals surface area contributed by atoms with Gasteiger partial charge in [0.2, 0.25) is 0 Å². The average Bonchev–Trinajstić information content (AvgIpc) is 2.30. The van der Waals surface area contributed by atoms with Gasteiger partial charge in [-0.1, -0.05) is 13.8 Å². The summed E-state index contributed by atoms with van der Waals surface area (Å²) in [6.07, 6.45) is 1.64. The zero-order valence-corrected chi connectivity index (χ0v) is 11.0. The minimum atomic E-state index is 0.348. The molecule has 0 saturated heterocycles. The molecule has 0 unspecified atom stereocenters. The molecule has 1 rings (SSSR count). The monoisotopic (exact) mass is 226 g/mol. The van der Waals surface area contributed by atoms with Crippen LogP contribution in [-0.2, 0) is 0 Å². The fourth-order valence-corrected chi connectivity index (χ4v) is 1.11. The molecule has 1 heterocycles. The number of hydrogen-bond donors (Lipinski definition) is 1. The SMILES string of the molecule is CC.COc1cnc(NC(C)C)cc1OC. The minimum absolute atomic E-state index is 0.348. The fraction of sp³-hybridized carbons (Fsp3) is 0.583. The topological polar surface area (TPSA) is 43.4 Å². The Morgan fingerprint density at radius 2 is 1.69 bits per heavy atom. The summed E-state index contributed by atoms with van der Waals surface area (Å²) in [6.45, 7) is 8.11. The molecule has 0 radical (unpaired) electrons. The van der Waals surface area contributed by atoms with Gasteiger partial charge in [0.25, 0.3) is 0 Å². The Morgan fingerprint density at radius 1 is 1.12 bits per heavy atom. The summed E-state index contributed by atoms with van der Waals surface area (Å²) in [5, 5.41) is 3.18. The Bertz CT molecular complexity index is 301. The molecule has 16 heavy (non-hydrogen) atoms. The zero-order chi connectivity index (χ0) is 12.6. The van der Waals surface area contributed by atoms with Crippen LogP contribution in [-0.4, -0.2) is 25.2 Å². The van der Waals surface area contributed by atoms with Gasteiger partial charge in [0.05, 0.1) is 20.4 Å². The maximum atomic E-state index is 5.15. The number of aromatic nitrogens is 1. The van der Waals surface area contributed by atoms with E-state index in [1.165, 1.54) is 0 Å². The van der Waals surface area contributed by atoms with Gasteiger partial charge in [0.1, 0.15) is 5.82 Å². The lowest BCUT2D eigenvalue weighted by atomic mass is 10.3. The van der Waals surface area contributed by atoms with Crippen molar-refractivity contribution < 1.29 is 9.47 Å². The lowest BCUT2D eigenvalue weighted by Crippen LogP contribution is -2.11. The van der Waals surface area contributed by atoms with Gasteiger partial charge in [0.15, 0.2) is 11.5 Å². The van der Waals surface area contributed by atoms with Crippen molar-refractivity contribution in [3.8, 4) is 11.5 Å². The van der Waals surface area contributed by atoms with Crippen molar-refractivity contribution >= 4 is 5.82 Å². The standard InChI is InChI=1S/C10H16N2O2.C2H6/c1-7(2)12-10-5-8(13-3)9(14-4)6-11-10;1-2/h5-7H,1-4H3,(H,11,12);1-2H3. The van der Waals surface area contributed by atoms with Gasteiger partial charge in [-0.3, -0.25) is 0 Å². The third-order valence-electron chi connectivity index (χ3n) is 1.71. The van der Waals surface area contributed by atoms with Crippen LogP contribution in [0.25, 0.3) is 0 Å². The van der Waals surface area contributed by atoms with Crippen molar-refractivity contribution in [3.63, 3.8) is 0 Å². The molecule has 92 valence electrons. The first-order valence-electron chi connectivity index (χ1n) is 5.52. The molecule has 4 nitrogen and oxygen atoms in total. The maximum Gasteiger partial charge on any atom is 0.179 e. The first-order valence-corrected chi connectivity index (χ1v) is 5.52. The van der Waals surface area contributed by atoms with Gasteiger partial charge in [-0.25, -0.2) is 4.98 Å². The lowest BCUT2D eigenvalue weighted by Gasteiger charge is -2.12. The van der Waals surface area contributed by atoms with Gasteiger partial charge < -0.3 is 14.8 Å². The minimum Gasteiger partial charge on any atom is -0.493 e. The first-order chi connectivity index (χ1) is 7.67. The van der Waals surface area contributed by atoms with Crippen molar-refractivity contribution in [2.45, 2.75) is 33.7 Å². The van der Waals surface area contributed by atoms with E-state index in [-0.39, 0.29) is 0 Å². The van der Waals surface area contributed by atoms with Crippen LogP contribution in [0.1, 0.15) is 27.7 Å². The molecular weight excluding hydrogens is 204 g/mol. The Balaban J connectivity index is 0.00000106. The number of nitrogens with zero attached hydrogens (tertiary/aromatic N) is 1. The molecule has 1 aromatic heterocycles. The van der Waals surface area contributed by atoms with E-state index >= 15 is 0 Å². The molecule has 1 aromatic rings. The molecule has 0 aliphatic carbocycles. The Kier molecular flexibility index (Phi) is 7.09. The van der Waals surface area contributed by atoms with E-state index in [4.69, 9.17) is 9.47 Å². The van der Waals surface area contributed by atoms with Crippen LogP contribution in [0, 0.1) is 0 Å². The quantitative estimate of drug-likeness (QED) is 0.857. The fourth-order valence-electron chi connectivity index (χ4n) is 1.11. The first kappa shape index (κ1) is 14.6. The summed E-state index contributed by atoms with van der Waals surface area (Å²) in [4.78, 5) is 4.18. The molecule has 0 spiro atoms. The molecule has 0 aliphatic heterocycles. The Hall–Kier alpha value is -1.45. The van der Waals surface area contributed by atoms with Crippen molar-refractivity contribution in [2.75, 3.05) is 19.5 Å². The summed E-state index contributed by atoms with van der Waals surface area (Å²) < 4.78 is 10.2. The molecule has 4 heteroatoms. The average molecular weight is 226 g/mol. The second-order valence-corrected chi connectivity index (χ2v) is 3.22. The van der Waals surface area contributed by atoms with E-state index in [0.29, 0.717) is 17.5 Å². The van der Waals surface area contributed by atoms with E-state index in [0.717, 1.165) is 5.82 Å². The van der Waals surface area contributed by atoms with Crippen LogP contribution in [0.15, 0.2) is 12.3 Å². The largest absolute Gasteiger partial charge is 0.493 e. The second kappa shape index (κ2) is 7.79. The number of anilines is 1. The highest BCUT2D eigenvalue weighted by molar-refractivity contribution is 5.48. The highest BCUT2D eigenvalue weighted by Crippen LogP contribution is 2.27. The van der Waals surface area contributed by atoms with E-state index in [2.05, 4.69) is 24.1 Å². The number of methoxy groups -OCH3 is 2. The number of hydrogen-bond acceptors (Lipinski definition) is 4. The molecular formula is C12H22N2O2. The van der Waals surface area contributed by atoms with Crippen LogP contribution in [0.5, 0.6) is 11.5 Å². The van der Waals surface area contributed by atoms with E-state index in [9.17, 15) is 0 Å². The lowest BCUT2D eigenvalue weighted by molar-refractivity contribution is 0.353. The highest BCUT2D eigenvalue weighted by atomic mass is 16.5. The number of ether oxygens (including phenoxy) is 2. The molecule has 0 fully saturated rings. The van der Waals surface area contributed by atoms with Crippen LogP contribution in [0.4, 0.5) is 5.82 Å². The molecule has 0 atom stereocenters. The van der Waals surface area contributed by atoms with E-state index < -0.39 is 0 Å². The molecule has 0 amide bonds. The van der Waals surface area contributed by atoms with Crippen molar-refractivity contribution in [1.29, 1.82) is 0 Å². The smallest absolute Gasteiger partial charge is 0.179 e. The number of nitrogens with one attached hydrogen (secondary N) is 1. The van der Waals surface area contributed by atoms with Crippen LogP contribution >= 0.6 is 0 Å². The van der Waals surface area contributed by atoms with Gasteiger partial charge in [-0.2, -0.15) is 0 Å². The van der Waals surface area contributed by atoms with E-state index in [1.807, 2.05) is 19.9 Å². The summed E-state index contributed by atoms with van der Waals surface area (Å²) in [5.41, 5.74) is 0. The van der Waals surface area contributed by atoms with Crippen LogP contribution in [0.3, 0.4) is 0 Å². The summed E-state index contributed by atoms with van der Waals surface area (Å²) in [6, 6.07) is 2.17.